The van der Waals surface area contributed by atoms with Crippen LogP contribution in [0.25, 0.3) is 0 Å². The number of hydrogen-bond donors (Lipinski definition) is 1. The molecule has 1 heterocycles. The average molecular weight is 587 g/mol. The zero-order chi connectivity index (χ0) is 28.6. The zero-order valence-corrected chi connectivity index (χ0v) is 23.2. The monoisotopic (exact) mass is 586 g/mol. The maximum absolute atomic E-state index is 13.2. The summed E-state index contributed by atoms with van der Waals surface area (Å²) in [5.74, 6) is -3.78. The van der Waals surface area contributed by atoms with Gasteiger partial charge in [-0.3, -0.25) is 19.3 Å². The summed E-state index contributed by atoms with van der Waals surface area (Å²) in [4.78, 5) is 64.6. The molecular formula is C29H28Cl2N2O7. The van der Waals surface area contributed by atoms with Gasteiger partial charge in [0.05, 0.1) is 46.0 Å². The van der Waals surface area contributed by atoms with E-state index in [-0.39, 0.29) is 45.7 Å². The minimum atomic E-state index is -0.789. The maximum Gasteiger partial charge on any atom is 0.338 e. The van der Waals surface area contributed by atoms with E-state index in [0.717, 1.165) is 17.7 Å². The molecule has 0 unspecified atom stereocenters. The highest BCUT2D eigenvalue weighted by molar-refractivity contribution is 6.32. The minimum absolute atomic E-state index is 0.0855. The van der Waals surface area contributed by atoms with Gasteiger partial charge < -0.3 is 14.8 Å². The molecular weight excluding hydrogens is 559 g/mol. The van der Waals surface area contributed by atoms with Gasteiger partial charge in [0.1, 0.15) is 0 Å². The number of anilines is 2. The number of imide groups is 1. The Balaban J connectivity index is 1.17. The molecule has 3 fully saturated rings. The Hall–Kier alpha value is -3.43. The molecule has 0 spiro atoms. The lowest BCUT2D eigenvalue weighted by atomic mass is 9.80. The summed E-state index contributed by atoms with van der Waals surface area (Å²) in [6.07, 6.45) is 2.36. The number of rotatable bonds is 9. The number of carbonyl (C=O) groups is 5. The van der Waals surface area contributed by atoms with Gasteiger partial charge in [0.15, 0.2) is 6.61 Å². The molecule has 3 aliphatic rings. The van der Waals surface area contributed by atoms with Crippen molar-refractivity contribution >= 4 is 64.2 Å². The van der Waals surface area contributed by atoms with Gasteiger partial charge in [-0.15, -0.1) is 23.2 Å². The van der Waals surface area contributed by atoms with E-state index in [0.29, 0.717) is 24.3 Å². The lowest BCUT2D eigenvalue weighted by Crippen LogP contribution is -2.37. The van der Waals surface area contributed by atoms with Gasteiger partial charge in [0.2, 0.25) is 11.8 Å². The molecule has 2 aromatic carbocycles. The molecule has 2 aromatic rings. The van der Waals surface area contributed by atoms with Crippen LogP contribution < -0.4 is 10.2 Å². The van der Waals surface area contributed by atoms with Gasteiger partial charge in [0.25, 0.3) is 5.91 Å². The molecule has 2 saturated carbocycles. The van der Waals surface area contributed by atoms with Gasteiger partial charge in [-0.2, -0.15) is 0 Å². The van der Waals surface area contributed by atoms with Crippen molar-refractivity contribution in [2.45, 2.75) is 36.9 Å². The zero-order valence-electron chi connectivity index (χ0n) is 21.7. The first kappa shape index (κ1) is 28.1. The van der Waals surface area contributed by atoms with Crippen LogP contribution in [0.3, 0.4) is 0 Å². The summed E-state index contributed by atoms with van der Waals surface area (Å²) in [6.45, 7) is 1.78. The number of unbranched alkanes of at least 4 members (excludes halogenated alkanes) is 1. The summed E-state index contributed by atoms with van der Waals surface area (Å²) in [5, 5.41) is 1.87. The third-order valence-electron chi connectivity index (χ3n) is 7.80. The maximum atomic E-state index is 13.2. The Labute approximate surface area is 241 Å². The number of nitrogens with zero attached hydrogens (tertiary/aromatic N) is 1. The van der Waals surface area contributed by atoms with Gasteiger partial charge >= 0.3 is 11.9 Å². The van der Waals surface area contributed by atoms with E-state index in [1.807, 2.05) is 6.92 Å². The molecule has 1 saturated heterocycles. The third-order valence-corrected chi connectivity index (χ3v) is 9.12. The Morgan fingerprint density at radius 1 is 0.900 bits per heavy atom. The first-order chi connectivity index (χ1) is 19.2. The Bertz CT molecular complexity index is 1320. The highest BCUT2D eigenvalue weighted by Crippen LogP contribution is 2.59. The highest BCUT2D eigenvalue weighted by atomic mass is 35.5. The number of alkyl halides is 2. The van der Waals surface area contributed by atoms with Crippen LogP contribution in [-0.2, 0) is 23.9 Å². The largest absolute Gasteiger partial charge is 0.462 e. The van der Waals surface area contributed by atoms with Crippen molar-refractivity contribution in [2.24, 2.45) is 23.7 Å². The Morgan fingerprint density at radius 3 is 2.15 bits per heavy atom. The van der Waals surface area contributed by atoms with Gasteiger partial charge in [-0.25, -0.2) is 9.59 Å². The molecule has 11 heteroatoms. The molecule has 210 valence electrons. The minimum Gasteiger partial charge on any atom is -0.462 e. The predicted octanol–water partition coefficient (Wildman–Crippen LogP) is 4.41. The second-order valence-corrected chi connectivity index (χ2v) is 11.3. The molecule has 1 N–H and O–H groups in total. The number of carbonyl (C=O) groups excluding carboxylic acids is 5. The van der Waals surface area contributed by atoms with E-state index in [4.69, 9.17) is 32.7 Å². The molecule has 2 bridgehead atoms. The number of esters is 2. The summed E-state index contributed by atoms with van der Waals surface area (Å²) < 4.78 is 10.3. The van der Waals surface area contributed by atoms with E-state index in [9.17, 15) is 24.0 Å². The molecule has 9 nitrogen and oxygen atoms in total. The van der Waals surface area contributed by atoms with Crippen LogP contribution in [0.1, 0.15) is 46.9 Å². The number of benzene rings is 2. The number of halogens is 2. The molecule has 40 heavy (non-hydrogen) atoms. The normalized spacial score (nSPS) is 26.5. The van der Waals surface area contributed by atoms with E-state index < -0.39 is 36.3 Å². The molecule has 0 radical (unpaired) electrons. The van der Waals surface area contributed by atoms with E-state index in [2.05, 4.69) is 5.32 Å². The van der Waals surface area contributed by atoms with Crippen LogP contribution in [0.15, 0.2) is 48.5 Å². The lowest BCUT2D eigenvalue weighted by molar-refractivity contribution is -0.123. The van der Waals surface area contributed by atoms with E-state index in [1.165, 1.54) is 24.3 Å². The first-order valence-electron chi connectivity index (χ1n) is 13.2. The molecule has 5 rings (SSSR count). The van der Waals surface area contributed by atoms with Crippen molar-refractivity contribution in [3.8, 4) is 0 Å². The fraction of sp³-hybridized carbons (Fsp3) is 0.414. The van der Waals surface area contributed by atoms with Crippen LogP contribution in [-0.4, -0.2) is 53.6 Å². The number of amides is 3. The average Bonchev–Trinajstić information content (AvgIpc) is 3.57. The van der Waals surface area contributed by atoms with Crippen molar-refractivity contribution in [3.63, 3.8) is 0 Å². The summed E-state index contributed by atoms with van der Waals surface area (Å²) in [5.41, 5.74) is 1.12. The number of nitrogens with one attached hydrogen (secondary N) is 1. The number of hydrogen-bond acceptors (Lipinski definition) is 7. The van der Waals surface area contributed by atoms with Crippen molar-refractivity contribution in [1.82, 2.24) is 0 Å². The van der Waals surface area contributed by atoms with Crippen molar-refractivity contribution in [1.29, 1.82) is 0 Å². The quantitative estimate of drug-likeness (QED) is 0.200. The number of ether oxygens (including phenoxy) is 2. The predicted molar refractivity (Wildman–Crippen MR) is 147 cm³/mol. The smallest absolute Gasteiger partial charge is 0.338 e. The molecule has 1 aliphatic heterocycles. The Morgan fingerprint density at radius 2 is 1.52 bits per heavy atom. The topological polar surface area (TPSA) is 119 Å². The first-order valence-corrected chi connectivity index (χ1v) is 14.1. The standard InChI is InChI=1S/C29H28Cl2N2O7/c1-2-3-11-39-28(37)15-7-9-17(10-8-15)32-21(34)14-40-29(38)16-5-4-6-18(12-16)33-26(35)22-19-13-20(23(22)27(33)36)25(31)24(19)30/h4-10,12,19-20,22-25H,2-3,11,13-14H2,1H3,(H,32,34)/t19-,20-,22-,23-,24-,25+/m1/s1. The van der Waals surface area contributed by atoms with Crippen LogP contribution in [0, 0.1) is 23.7 Å². The molecule has 6 atom stereocenters. The second kappa shape index (κ2) is 11.6. The summed E-state index contributed by atoms with van der Waals surface area (Å²) in [7, 11) is 0. The van der Waals surface area contributed by atoms with E-state index in [1.54, 1.807) is 24.3 Å². The summed E-state index contributed by atoms with van der Waals surface area (Å²) >= 11 is 12.8. The third kappa shape index (κ3) is 5.20. The SMILES string of the molecule is CCCCOC(=O)c1ccc(NC(=O)COC(=O)c2cccc(N3C(=O)[C@@H]4[C@H]5C[C@@H]([C@@H](Cl)[C@H]5Cl)[C@H]4C3=O)c2)cc1. The molecule has 2 aliphatic carbocycles. The molecule has 3 amide bonds. The summed E-state index contributed by atoms with van der Waals surface area (Å²) in [6, 6.07) is 12.1. The van der Waals surface area contributed by atoms with Crippen LogP contribution in [0.2, 0.25) is 0 Å². The number of fused-ring (bicyclic) bond motifs is 5. The second-order valence-electron chi connectivity index (χ2n) is 10.3. The van der Waals surface area contributed by atoms with Crippen LogP contribution in [0.4, 0.5) is 11.4 Å². The van der Waals surface area contributed by atoms with Gasteiger partial charge in [0, 0.05) is 5.69 Å². The van der Waals surface area contributed by atoms with Crippen molar-refractivity contribution in [3.05, 3.63) is 59.7 Å². The van der Waals surface area contributed by atoms with E-state index >= 15 is 0 Å². The van der Waals surface area contributed by atoms with Crippen LogP contribution in [0.5, 0.6) is 0 Å². The lowest BCUT2D eigenvalue weighted by Gasteiger charge is -2.28. The Kier molecular flexibility index (Phi) is 8.14. The van der Waals surface area contributed by atoms with Crippen molar-refractivity contribution in [2.75, 3.05) is 23.4 Å². The van der Waals surface area contributed by atoms with Crippen LogP contribution >= 0.6 is 23.2 Å². The van der Waals surface area contributed by atoms with Gasteiger partial charge in [-0.05, 0) is 67.1 Å². The fourth-order valence-electron chi connectivity index (χ4n) is 5.87. The molecule has 0 aromatic heterocycles. The van der Waals surface area contributed by atoms with Crippen molar-refractivity contribution < 1.29 is 33.4 Å². The fourth-order valence-corrected chi connectivity index (χ4v) is 6.76. The highest BCUT2D eigenvalue weighted by Gasteiger charge is 2.66. The van der Waals surface area contributed by atoms with Gasteiger partial charge in [-0.1, -0.05) is 19.4 Å².